The molecule has 0 fully saturated rings. The van der Waals surface area contributed by atoms with Gasteiger partial charge in [0, 0.05) is 6.20 Å². The third kappa shape index (κ3) is 2.20. The van der Waals surface area contributed by atoms with Crippen molar-refractivity contribution in [3.8, 4) is 0 Å². The molecule has 0 aliphatic carbocycles. The van der Waals surface area contributed by atoms with Gasteiger partial charge in [-0.2, -0.15) is 13.2 Å². The standard InChI is InChI=1S/C8H7F4NO/c9-4-6(14)7-5(8(10,11)12)2-1-3-13-7/h1-3,6,14H,4H2. The zero-order valence-electron chi connectivity index (χ0n) is 6.92. The first-order valence-electron chi connectivity index (χ1n) is 3.73. The van der Waals surface area contributed by atoms with Gasteiger partial charge < -0.3 is 5.11 Å². The molecule has 1 aromatic heterocycles. The van der Waals surface area contributed by atoms with Crippen molar-refractivity contribution in [1.29, 1.82) is 0 Å². The highest BCUT2D eigenvalue weighted by Crippen LogP contribution is 2.33. The Labute approximate surface area is 77.2 Å². The second kappa shape index (κ2) is 3.91. The van der Waals surface area contributed by atoms with Crippen molar-refractivity contribution in [2.24, 2.45) is 0 Å². The van der Waals surface area contributed by atoms with Crippen LogP contribution in [0.25, 0.3) is 0 Å². The van der Waals surface area contributed by atoms with Crippen LogP contribution in [0.1, 0.15) is 17.4 Å². The van der Waals surface area contributed by atoms with E-state index in [0.717, 1.165) is 18.3 Å². The van der Waals surface area contributed by atoms with Crippen LogP contribution < -0.4 is 0 Å². The number of aliphatic hydroxyl groups is 1. The highest BCUT2D eigenvalue weighted by Gasteiger charge is 2.35. The third-order valence-corrected chi connectivity index (χ3v) is 1.61. The molecule has 14 heavy (non-hydrogen) atoms. The number of alkyl halides is 4. The summed E-state index contributed by atoms with van der Waals surface area (Å²) in [7, 11) is 0. The van der Waals surface area contributed by atoms with Gasteiger partial charge in [-0.25, -0.2) is 4.39 Å². The average Bonchev–Trinajstić information content (AvgIpc) is 2.15. The Bertz CT molecular complexity index is 312. The third-order valence-electron chi connectivity index (χ3n) is 1.61. The first-order chi connectivity index (χ1) is 6.46. The number of aliphatic hydroxyl groups excluding tert-OH is 1. The van der Waals surface area contributed by atoms with Gasteiger partial charge in [0.25, 0.3) is 0 Å². The SMILES string of the molecule is OC(CF)c1ncccc1C(F)(F)F. The molecule has 0 saturated heterocycles. The number of pyridine rings is 1. The van der Waals surface area contributed by atoms with Gasteiger partial charge in [0.05, 0.1) is 11.3 Å². The van der Waals surface area contributed by atoms with Crippen molar-refractivity contribution in [3.63, 3.8) is 0 Å². The Morgan fingerprint density at radius 1 is 1.43 bits per heavy atom. The van der Waals surface area contributed by atoms with Gasteiger partial charge in [0.1, 0.15) is 12.8 Å². The molecule has 0 aliphatic heterocycles. The van der Waals surface area contributed by atoms with E-state index >= 15 is 0 Å². The summed E-state index contributed by atoms with van der Waals surface area (Å²) in [6, 6.07) is 1.83. The first-order valence-corrected chi connectivity index (χ1v) is 3.73. The lowest BCUT2D eigenvalue weighted by atomic mass is 10.1. The normalized spacial score (nSPS) is 14.1. The molecule has 2 nitrogen and oxygen atoms in total. The average molecular weight is 209 g/mol. The molecule has 0 amide bonds. The molecule has 0 radical (unpaired) electrons. The summed E-state index contributed by atoms with van der Waals surface area (Å²) in [6.45, 7) is -1.29. The summed E-state index contributed by atoms with van der Waals surface area (Å²) >= 11 is 0. The largest absolute Gasteiger partial charge is 0.418 e. The zero-order chi connectivity index (χ0) is 10.8. The highest BCUT2D eigenvalue weighted by molar-refractivity contribution is 5.24. The summed E-state index contributed by atoms with van der Waals surface area (Å²) in [5.41, 5.74) is -1.78. The number of aromatic nitrogens is 1. The van der Waals surface area contributed by atoms with E-state index in [1.807, 2.05) is 0 Å². The number of nitrogens with zero attached hydrogens (tertiary/aromatic N) is 1. The maximum absolute atomic E-state index is 12.3. The Morgan fingerprint density at radius 3 is 2.57 bits per heavy atom. The summed E-state index contributed by atoms with van der Waals surface area (Å²) in [5, 5.41) is 8.94. The molecule has 0 spiro atoms. The van der Waals surface area contributed by atoms with E-state index in [1.54, 1.807) is 0 Å². The fourth-order valence-corrected chi connectivity index (χ4v) is 0.996. The van der Waals surface area contributed by atoms with Crippen molar-refractivity contribution in [2.45, 2.75) is 12.3 Å². The minimum absolute atomic E-state index is 0.678. The van der Waals surface area contributed by atoms with Crippen molar-refractivity contribution < 1.29 is 22.7 Å². The minimum Gasteiger partial charge on any atom is -0.384 e. The molecule has 1 heterocycles. The molecular formula is C8H7F4NO. The van der Waals surface area contributed by atoms with Crippen LogP contribution >= 0.6 is 0 Å². The van der Waals surface area contributed by atoms with Gasteiger partial charge in [-0.3, -0.25) is 4.98 Å². The molecule has 6 heteroatoms. The lowest BCUT2D eigenvalue weighted by Gasteiger charge is -2.13. The monoisotopic (exact) mass is 209 g/mol. The van der Waals surface area contributed by atoms with Gasteiger partial charge in [-0.15, -0.1) is 0 Å². The van der Waals surface area contributed by atoms with E-state index in [1.165, 1.54) is 0 Å². The summed E-state index contributed by atoms with van der Waals surface area (Å²) < 4.78 is 48.8. The second-order valence-corrected chi connectivity index (χ2v) is 2.60. The Balaban J connectivity index is 3.16. The molecular weight excluding hydrogens is 202 g/mol. The molecule has 0 aromatic carbocycles. The van der Waals surface area contributed by atoms with Crippen molar-refractivity contribution in [3.05, 3.63) is 29.6 Å². The Morgan fingerprint density at radius 2 is 2.07 bits per heavy atom. The van der Waals surface area contributed by atoms with E-state index in [9.17, 15) is 17.6 Å². The lowest BCUT2D eigenvalue weighted by Crippen LogP contribution is -2.14. The topological polar surface area (TPSA) is 33.1 Å². The maximum atomic E-state index is 12.3. The molecule has 0 aliphatic rings. The van der Waals surface area contributed by atoms with Crippen LogP contribution in [-0.4, -0.2) is 16.8 Å². The molecule has 1 N–H and O–H groups in total. The van der Waals surface area contributed by atoms with Crippen LogP contribution in [0.5, 0.6) is 0 Å². The van der Waals surface area contributed by atoms with E-state index < -0.39 is 30.2 Å². The maximum Gasteiger partial charge on any atom is 0.418 e. The Kier molecular flexibility index (Phi) is 3.05. The summed E-state index contributed by atoms with van der Waals surface area (Å²) in [5.74, 6) is 0. The molecule has 1 atom stereocenters. The predicted molar refractivity (Wildman–Crippen MR) is 40.2 cm³/mol. The molecule has 1 rings (SSSR count). The first kappa shape index (κ1) is 10.9. The summed E-state index contributed by atoms with van der Waals surface area (Å²) in [4.78, 5) is 3.31. The van der Waals surface area contributed by atoms with E-state index in [2.05, 4.69) is 4.98 Å². The van der Waals surface area contributed by atoms with Gasteiger partial charge in [-0.05, 0) is 12.1 Å². The molecule has 0 bridgehead atoms. The molecule has 1 aromatic rings. The fraction of sp³-hybridized carbons (Fsp3) is 0.375. The van der Waals surface area contributed by atoms with Gasteiger partial charge in [0.15, 0.2) is 0 Å². The Hall–Kier alpha value is -1.17. The van der Waals surface area contributed by atoms with Crippen LogP contribution in [0.3, 0.4) is 0 Å². The molecule has 78 valence electrons. The van der Waals surface area contributed by atoms with E-state index in [0.29, 0.717) is 0 Å². The van der Waals surface area contributed by atoms with Crippen molar-refractivity contribution >= 4 is 0 Å². The molecule has 0 saturated carbocycles. The van der Waals surface area contributed by atoms with Crippen LogP contribution in [0.2, 0.25) is 0 Å². The minimum atomic E-state index is -4.63. The van der Waals surface area contributed by atoms with Crippen LogP contribution in [0.4, 0.5) is 17.6 Å². The smallest absolute Gasteiger partial charge is 0.384 e. The van der Waals surface area contributed by atoms with Gasteiger partial charge in [-0.1, -0.05) is 0 Å². The predicted octanol–water partition coefficient (Wildman–Crippen LogP) is 2.10. The fourth-order valence-electron chi connectivity index (χ4n) is 0.996. The lowest BCUT2D eigenvalue weighted by molar-refractivity contribution is -0.139. The van der Waals surface area contributed by atoms with E-state index in [-0.39, 0.29) is 0 Å². The number of halogens is 4. The van der Waals surface area contributed by atoms with Gasteiger partial charge >= 0.3 is 6.18 Å². The number of hydrogen-bond acceptors (Lipinski definition) is 2. The van der Waals surface area contributed by atoms with Crippen molar-refractivity contribution in [1.82, 2.24) is 4.98 Å². The highest BCUT2D eigenvalue weighted by atomic mass is 19.4. The van der Waals surface area contributed by atoms with Crippen LogP contribution in [-0.2, 0) is 6.18 Å². The number of hydrogen-bond donors (Lipinski definition) is 1. The van der Waals surface area contributed by atoms with E-state index in [4.69, 9.17) is 5.11 Å². The van der Waals surface area contributed by atoms with Crippen LogP contribution in [0.15, 0.2) is 18.3 Å². The summed E-state index contributed by atoms with van der Waals surface area (Å²) in [6.07, 6.45) is -5.38. The zero-order valence-corrected chi connectivity index (χ0v) is 6.92. The second-order valence-electron chi connectivity index (χ2n) is 2.60. The van der Waals surface area contributed by atoms with Crippen molar-refractivity contribution in [2.75, 3.05) is 6.67 Å². The molecule has 1 unspecified atom stereocenters. The number of rotatable bonds is 2. The van der Waals surface area contributed by atoms with Crippen LogP contribution in [0, 0.1) is 0 Å². The van der Waals surface area contributed by atoms with Gasteiger partial charge in [0.2, 0.25) is 0 Å². The quantitative estimate of drug-likeness (QED) is 0.756.